The summed E-state index contributed by atoms with van der Waals surface area (Å²) < 4.78 is 6.67. The van der Waals surface area contributed by atoms with Gasteiger partial charge in [-0.25, -0.2) is 0 Å². The van der Waals surface area contributed by atoms with Crippen molar-refractivity contribution in [1.29, 1.82) is 0 Å². The Hall–Kier alpha value is -4.83. The second-order valence-electron chi connectivity index (χ2n) is 14.8. The van der Waals surface area contributed by atoms with Gasteiger partial charge in [-0.1, -0.05) is 108 Å². The Morgan fingerprint density at radius 2 is 1.87 bits per heavy atom. The number of rotatable bonds is 13. The highest BCUT2D eigenvalue weighted by Crippen LogP contribution is 2.51. The average Bonchev–Trinajstić information content (AvgIpc) is 3.24. The summed E-state index contributed by atoms with van der Waals surface area (Å²) in [7, 11) is 0. The van der Waals surface area contributed by atoms with Gasteiger partial charge in [-0.05, 0) is 111 Å². The van der Waals surface area contributed by atoms with Crippen LogP contribution in [0.1, 0.15) is 91.7 Å². The molecule has 0 bridgehead atoms. The van der Waals surface area contributed by atoms with Crippen LogP contribution < -0.4 is 14.5 Å². The molecule has 4 nitrogen and oxygen atoms in total. The van der Waals surface area contributed by atoms with Gasteiger partial charge in [0.15, 0.2) is 0 Å². The Balaban J connectivity index is 1.57. The SMILES string of the molecule is C=C/C=C\C1=C(C)N(c2ccc(C)c(OC/C=C(\C=C/CC=O)N3C(/C=C\C)=CC(CC)C(C)(CC)c4ccccc43)c2)C2=C(CCC=C2)C1(C)C. The van der Waals surface area contributed by atoms with E-state index in [0.717, 1.165) is 66.1 Å². The van der Waals surface area contributed by atoms with Gasteiger partial charge < -0.3 is 19.3 Å². The highest BCUT2D eigenvalue weighted by Gasteiger charge is 2.39. The molecule has 0 spiro atoms. The summed E-state index contributed by atoms with van der Waals surface area (Å²) in [5.74, 6) is 1.20. The lowest BCUT2D eigenvalue weighted by atomic mass is 9.68. The molecule has 52 heavy (non-hydrogen) atoms. The molecule has 4 heteroatoms. The lowest BCUT2D eigenvalue weighted by Gasteiger charge is -2.44. The highest BCUT2D eigenvalue weighted by atomic mass is 16.5. The van der Waals surface area contributed by atoms with E-state index in [9.17, 15) is 4.79 Å². The zero-order valence-electron chi connectivity index (χ0n) is 32.7. The third-order valence-electron chi connectivity index (χ3n) is 11.4. The second kappa shape index (κ2) is 16.7. The van der Waals surface area contributed by atoms with Gasteiger partial charge in [0.05, 0.1) is 0 Å². The third kappa shape index (κ3) is 7.39. The number of ether oxygens (including phenoxy) is 1. The van der Waals surface area contributed by atoms with E-state index in [2.05, 4.69) is 163 Å². The van der Waals surface area contributed by atoms with Crippen LogP contribution in [0.15, 0.2) is 150 Å². The van der Waals surface area contributed by atoms with Crippen LogP contribution in [0.5, 0.6) is 5.75 Å². The van der Waals surface area contributed by atoms with Gasteiger partial charge in [0.1, 0.15) is 18.6 Å². The van der Waals surface area contributed by atoms with E-state index in [0.29, 0.717) is 18.9 Å². The van der Waals surface area contributed by atoms with Crippen LogP contribution in [0.25, 0.3) is 0 Å². The predicted molar refractivity (Wildman–Crippen MR) is 222 cm³/mol. The van der Waals surface area contributed by atoms with Crippen molar-refractivity contribution < 1.29 is 9.53 Å². The van der Waals surface area contributed by atoms with E-state index in [-0.39, 0.29) is 10.8 Å². The van der Waals surface area contributed by atoms with Crippen molar-refractivity contribution in [3.8, 4) is 5.75 Å². The monoisotopic (exact) mass is 694 g/mol. The van der Waals surface area contributed by atoms with Gasteiger partial charge in [-0.2, -0.15) is 0 Å². The second-order valence-corrected chi connectivity index (χ2v) is 14.8. The fraction of sp³-hybridized carbons (Fsp3) is 0.354. The Bertz CT molecular complexity index is 1910. The van der Waals surface area contributed by atoms with E-state index in [1.165, 1.54) is 28.1 Å². The molecule has 2 aliphatic heterocycles. The molecule has 0 N–H and O–H groups in total. The molecule has 272 valence electrons. The van der Waals surface area contributed by atoms with Crippen LogP contribution in [-0.4, -0.2) is 12.9 Å². The summed E-state index contributed by atoms with van der Waals surface area (Å²) in [6.07, 6.45) is 29.0. The quantitative estimate of drug-likeness (QED) is 0.154. The first-order valence-electron chi connectivity index (χ1n) is 19.1. The fourth-order valence-electron chi connectivity index (χ4n) is 8.38. The smallest absolute Gasteiger partial charge is 0.124 e. The maximum absolute atomic E-state index is 11.5. The lowest BCUT2D eigenvalue weighted by Crippen LogP contribution is -2.35. The predicted octanol–water partition coefficient (Wildman–Crippen LogP) is 12.5. The van der Waals surface area contributed by atoms with Crippen LogP contribution in [0, 0.1) is 18.3 Å². The molecule has 0 fully saturated rings. The molecule has 0 saturated heterocycles. The molecule has 2 aromatic carbocycles. The van der Waals surface area contributed by atoms with E-state index in [4.69, 9.17) is 4.74 Å². The minimum absolute atomic E-state index is 0.0288. The number of allylic oxidation sites excluding steroid dienone is 13. The van der Waals surface area contributed by atoms with Gasteiger partial charge in [0, 0.05) is 57.5 Å². The van der Waals surface area contributed by atoms with E-state index in [1.54, 1.807) is 0 Å². The molecule has 2 heterocycles. The van der Waals surface area contributed by atoms with Crippen LogP contribution in [0.4, 0.5) is 11.4 Å². The molecule has 3 aliphatic rings. The highest BCUT2D eigenvalue weighted by molar-refractivity contribution is 5.71. The standard InChI is InChI=1S/C48H58N2O2/c1-10-14-23-41-36(6)49(44-26-17-15-24-42(44)47(41,7)8)40-29-28-35(5)46(34-40)52-32-30-38(22-19-20-31-51)50-39(21-11-2)33-37(12-3)48(9,13-4)43-25-16-18-27-45(43)50/h10-11,14,16-19,21-23,25-31,33-34,37H,1,12-13,15,20,24,32H2,2-9H3/b21-11-,22-19-,23-14-,38-30+. The molecule has 0 radical (unpaired) electrons. The summed E-state index contributed by atoms with van der Waals surface area (Å²) in [6, 6.07) is 15.3. The Labute approximate surface area is 313 Å². The number of aryl methyl sites for hydroxylation is 1. The number of hydrogen-bond acceptors (Lipinski definition) is 4. The molecule has 0 amide bonds. The molecule has 2 unspecified atom stereocenters. The molecule has 1 aliphatic carbocycles. The van der Waals surface area contributed by atoms with E-state index >= 15 is 0 Å². The van der Waals surface area contributed by atoms with Crippen LogP contribution in [0.2, 0.25) is 0 Å². The maximum atomic E-state index is 11.5. The molecule has 0 saturated carbocycles. The zero-order chi connectivity index (χ0) is 37.5. The van der Waals surface area contributed by atoms with Crippen molar-refractivity contribution in [3.63, 3.8) is 0 Å². The number of aldehydes is 1. The van der Waals surface area contributed by atoms with Crippen LogP contribution in [-0.2, 0) is 10.2 Å². The van der Waals surface area contributed by atoms with Crippen molar-refractivity contribution in [2.24, 2.45) is 11.3 Å². The molecule has 0 aromatic heterocycles. The number of carbonyl (C=O) groups excluding carboxylic acids is 1. The van der Waals surface area contributed by atoms with E-state index in [1.807, 2.05) is 18.2 Å². The summed E-state index contributed by atoms with van der Waals surface area (Å²) in [5, 5.41) is 0. The van der Waals surface area contributed by atoms with Gasteiger partial charge in [-0.3, -0.25) is 0 Å². The minimum atomic E-state index is -0.0826. The number of hydrogen-bond donors (Lipinski definition) is 0. The first-order valence-corrected chi connectivity index (χ1v) is 19.1. The first-order chi connectivity index (χ1) is 25.1. The van der Waals surface area contributed by atoms with Gasteiger partial charge in [0.2, 0.25) is 0 Å². The first kappa shape index (κ1) is 38.4. The third-order valence-corrected chi connectivity index (χ3v) is 11.4. The van der Waals surface area contributed by atoms with Gasteiger partial charge in [-0.15, -0.1) is 0 Å². The summed E-state index contributed by atoms with van der Waals surface area (Å²) in [5.41, 5.74) is 11.9. The van der Waals surface area contributed by atoms with Crippen molar-refractivity contribution in [2.45, 2.75) is 92.9 Å². The fourth-order valence-corrected chi connectivity index (χ4v) is 8.38. The van der Waals surface area contributed by atoms with Crippen molar-refractivity contribution in [3.05, 3.63) is 161 Å². The van der Waals surface area contributed by atoms with Crippen LogP contribution >= 0.6 is 0 Å². The maximum Gasteiger partial charge on any atom is 0.124 e. The van der Waals surface area contributed by atoms with Gasteiger partial charge >= 0.3 is 0 Å². The number of nitrogens with zero attached hydrogens (tertiary/aromatic N) is 2. The van der Waals surface area contributed by atoms with Crippen LogP contribution in [0.3, 0.4) is 0 Å². The topological polar surface area (TPSA) is 32.8 Å². The number of para-hydroxylation sites is 1. The Morgan fingerprint density at radius 1 is 1.08 bits per heavy atom. The van der Waals surface area contributed by atoms with Crippen molar-refractivity contribution >= 4 is 17.7 Å². The van der Waals surface area contributed by atoms with Gasteiger partial charge in [0.25, 0.3) is 0 Å². The number of benzene rings is 2. The molecule has 5 rings (SSSR count). The number of anilines is 2. The Kier molecular flexibility index (Phi) is 12.3. The summed E-state index contributed by atoms with van der Waals surface area (Å²) >= 11 is 0. The number of fused-ring (bicyclic) bond motifs is 1. The van der Waals surface area contributed by atoms with E-state index < -0.39 is 0 Å². The lowest BCUT2D eigenvalue weighted by molar-refractivity contribution is -0.107. The van der Waals surface area contributed by atoms with Crippen molar-refractivity contribution in [1.82, 2.24) is 0 Å². The summed E-state index contributed by atoms with van der Waals surface area (Å²) in [6.45, 7) is 22.4. The van der Waals surface area contributed by atoms with Crippen molar-refractivity contribution in [2.75, 3.05) is 16.4 Å². The average molecular weight is 695 g/mol. The molecular weight excluding hydrogens is 637 g/mol. The normalized spacial score (nSPS) is 21.9. The molecule has 2 atom stereocenters. The largest absolute Gasteiger partial charge is 0.489 e. The number of carbonyl (C=O) groups is 1. The minimum Gasteiger partial charge on any atom is -0.489 e. The molecular formula is C48H58N2O2. The molecule has 2 aromatic rings. The Morgan fingerprint density at radius 3 is 2.58 bits per heavy atom. The zero-order valence-corrected chi connectivity index (χ0v) is 32.7. The summed E-state index contributed by atoms with van der Waals surface area (Å²) in [4.78, 5) is 16.2.